The number of carbonyl (C=O) groups is 2. The molecule has 1 aliphatic rings. The number of Topliss-reactive ketones (excluding diaryl/α,β-unsaturated/α-hetero) is 1. The summed E-state index contributed by atoms with van der Waals surface area (Å²) in [6.07, 6.45) is 2.21. The summed E-state index contributed by atoms with van der Waals surface area (Å²) in [6.45, 7) is 7.30. The maximum absolute atomic E-state index is 11.6. The van der Waals surface area contributed by atoms with Crippen LogP contribution in [0.5, 0.6) is 0 Å². The summed E-state index contributed by atoms with van der Waals surface area (Å²) in [5, 5.41) is 0. The number of rotatable bonds is 4. The van der Waals surface area contributed by atoms with Gasteiger partial charge in [0.1, 0.15) is 11.4 Å². The second kappa shape index (κ2) is 4.33. The van der Waals surface area contributed by atoms with E-state index in [9.17, 15) is 9.59 Å². The van der Waals surface area contributed by atoms with E-state index in [2.05, 4.69) is 0 Å². The van der Waals surface area contributed by atoms with Gasteiger partial charge in [-0.1, -0.05) is 6.92 Å². The molecule has 0 spiro atoms. The van der Waals surface area contributed by atoms with E-state index >= 15 is 0 Å². The third-order valence-corrected chi connectivity index (χ3v) is 2.36. The number of ketones is 1. The van der Waals surface area contributed by atoms with Crippen LogP contribution < -0.4 is 0 Å². The third kappa shape index (κ3) is 4.45. The van der Waals surface area contributed by atoms with Crippen molar-refractivity contribution in [1.29, 1.82) is 0 Å². The van der Waals surface area contributed by atoms with Gasteiger partial charge in [0.2, 0.25) is 0 Å². The average Bonchev–Trinajstić information content (AvgIpc) is 2.80. The Bertz CT molecular complexity index is 259. The van der Waals surface area contributed by atoms with Crippen molar-refractivity contribution >= 4 is 11.8 Å². The molecule has 86 valence electrons. The quantitative estimate of drug-likeness (QED) is 0.672. The van der Waals surface area contributed by atoms with Gasteiger partial charge in [-0.15, -0.1) is 0 Å². The first-order chi connectivity index (χ1) is 6.79. The van der Waals surface area contributed by atoms with E-state index in [1.165, 1.54) is 0 Å². The Balaban J connectivity index is 2.33. The van der Waals surface area contributed by atoms with Crippen LogP contribution in [0.1, 0.15) is 47.0 Å². The molecule has 0 aliphatic heterocycles. The lowest BCUT2D eigenvalue weighted by Crippen LogP contribution is -2.26. The Labute approximate surface area is 91.2 Å². The highest BCUT2D eigenvalue weighted by Gasteiger charge is 2.34. The molecule has 0 N–H and O–H groups in total. The molecular formula is C12H20O3. The van der Waals surface area contributed by atoms with Gasteiger partial charge in [-0.2, -0.15) is 0 Å². The van der Waals surface area contributed by atoms with Crippen molar-refractivity contribution in [1.82, 2.24) is 0 Å². The highest BCUT2D eigenvalue weighted by Crippen LogP contribution is 2.33. The van der Waals surface area contributed by atoms with E-state index in [4.69, 9.17) is 4.74 Å². The molecule has 0 unspecified atom stereocenters. The van der Waals surface area contributed by atoms with E-state index in [1.807, 2.05) is 27.7 Å². The van der Waals surface area contributed by atoms with Crippen molar-refractivity contribution in [3.63, 3.8) is 0 Å². The minimum Gasteiger partial charge on any atom is -0.460 e. The molecule has 0 aromatic heterocycles. The first-order valence-corrected chi connectivity index (χ1v) is 5.55. The number of ether oxygens (including phenoxy) is 1. The fraction of sp³-hybridized carbons (Fsp3) is 0.833. The van der Waals surface area contributed by atoms with Crippen LogP contribution in [0.2, 0.25) is 0 Å². The number of hydrogen-bond acceptors (Lipinski definition) is 3. The van der Waals surface area contributed by atoms with Gasteiger partial charge in [-0.3, -0.25) is 9.59 Å². The fourth-order valence-electron chi connectivity index (χ4n) is 1.50. The van der Waals surface area contributed by atoms with Crippen molar-refractivity contribution in [3.8, 4) is 0 Å². The van der Waals surface area contributed by atoms with Crippen LogP contribution >= 0.6 is 0 Å². The van der Waals surface area contributed by atoms with Crippen molar-refractivity contribution in [2.45, 2.75) is 52.6 Å². The molecule has 1 saturated carbocycles. The summed E-state index contributed by atoms with van der Waals surface area (Å²) in [4.78, 5) is 23.0. The van der Waals surface area contributed by atoms with Crippen LogP contribution in [0.3, 0.4) is 0 Å². The highest BCUT2D eigenvalue weighted by molar-refractivity contribution is 5.88. The van der Waals surface area contributed by atoms with E-state index < -0.39 is 5.60 Å². The predicted octanol–water partition coefficient (Wildman–Crippen LogP) is 2.33. The van der Waals surface area contributed by atoms with Crippen LogP contribution in [-0.2, 0) is 14.3 Å². The molecule has 1 aliphatic carbocycles. The van der Waals surface area contributed by atoms with E-state index in [-0.39, 0.29) is 30.0 Å². The summed E-state index contributed by atoms with van der Waals surface area (Å²) >= 11 is 0. The average molecular weight is 212 g/mol. The number of esters is 1. The van der Waals surface area contributed by atoms with E-state index in [0.29, 0.717) is 0 Å². The first kappa shape index (κ1) is 12.2. The van der Waals surface area contributed by atoms with Crippen molar-refractivity contribution in [2.75, 3.05) is 0 Å². The summed E-state index contributed by atoms with van der Waals surface area (Å²) in [5.74, 6) is -0.0142. The fourth-order valence-corrected chi connectivity index (χ4v) is 1.50. The monoisotopic (exact) mass is 212 g/mol. The molecule has 0 saturated heterocycles. The molecule has 3 nitrogen and oxygen atoms in total. The Morgan fingerprint density at radius 3 is 2.27 bits per heavy atom. The minimum atomic E-state index is -0.459. The van der Waals surface area contributed by atoms with Crippen LogP contribution in [-0.4, -0.2) is 17.4 Å². The second-order valence-electron chi connectivity index (χ2n) is 5.37. The van der Waals surface area contributed by atoms with Gasteiger partial charge < -0.3 is 4.74 Å². The minimum absolute atomic E-state index is 0.188. The SMILES string of the molecule is C[C@@H](CC(=O)OC(C)(C)C)C(=O)C1CC1. The smallest absolute Gasteiger partial charge is 0.307 e. The first-order valence-electron chi connectivity index (χ1n) is 5.55. The molecule has 1 fully saturated rings. The van der Waals surface area contributed by atoms with Crippen LogP contribution in [0.25, 0.3) is 0 Å². The van der Waals surface area contributed by atoms with Gasteiger partial charge in [0, 0.05) is 11.8 Å². The summed E-state index contributed by atoms with van der Waals surface area (Å²) in [7, 11) is 0. The normalized spacial score (nSPS) is 18.4. The zero-order valence-corrected chi connectivity index (χ0v) is 10.0. The summed E-state index contributed by atoms with van der Waals surface area (Å²) < 4.78 is 5.17. The zero-order valence-electron chi connectivity index (χ0n) is 10.0. The maximum atomic E-state index is 11.6. The molecule has 0 heterocycles. The number of hydrogen-bond donors (Lipinski definition) is 0. The van der Waals surface area contributed by atoms with Gasteiger partial charge in [-0.25, -0.2) is 0 Å². The molecule has 1 rings (SSSR count). The van der Waals surface area contributed by atoms with Gasteiger partial charge in [0.05, 0.1) is 6.42 Å². The van der Waals surface area contributed by atoms with Crippen LogP contribution in [0.4, 0.5) is 0 Å². The molecule has 0 bridgehead atoms. The second-order valence-corrected chi connectivity index (χ2v) is 5.37. The molecule has 15 heavy (non-hydrogen) atoms. The van der Waals surface area contributed by atoms with E-state index in [0.717, 1.165) is 12.8 Å². The van der Waals surface area contributed by atoms with E-state index in [1.54, 1.807) is 0 Å². The van der Waals surface area contributed by atoms with Gasteiger partial charge in [0.15, 0.2) is 0 Å². The van der Waals surface area contributed by atoms with Gasteiger partial charge >= 0.3 is 5.97 Å². The predicted molar refractivity (Wildman–Crippen MR) is 57.4 cm³/mol. The van der Waals surface area contributed by atoms with Gasteiger partial charge in [-0.05, 0) is 33.6 Å². The Morgan fingerprint density at radius 1 is 1.33 bits per heavy atom. The van der Waals surface area contributed by atoms with Crippen molar-refractivity contribution in [2.24, 2.45) is 11.8 Å². The largest absolute Gasteiger partial charge is 0.460 e. The van der Waals surface area contributed by atoms with Crippen molar-refractivity contribution < 1.29 is 14.3 Å². The molecule has 0 aromatic carbocycles. The van der Waals surface area contributed by atoms with Crippen LogP contribution in [0.15, 0.2) is 0 Å². The molecule has 0 amide bonds. The zero-order chi connectivity index (χ0) is 11.6. The maximum Gasteiger partial charge on any atom is 0.307 e. The third-order valence-electron chi connectivity index (χ3n) is 2.36. The Kier molecular flexibility index (Phi) is 3.53. The lowest BCUT2D eigenvalue weighted by Gasteiger charge is -2.20. The van der Waals surface area contributed by atoms with Gasteiger partial charge in [0.25, 0.3) is 0 Å². The van der Waals surface area contributed by atoms with Crippen molar-refractivity contribution in [3.05, 3.63) is 0 Å². The standard InChI is InChI=1S/C12H20O3/c1-8(11(14)9-5-6-9)7-10(13)15-12(2,3)4/h8-9H,5-7H2,1-4H3/t8-/m0/s1. The lowest BCUT2D eigenvalue weighted by atomic mass is 9.99. The Morgan fingerprint density at radius 2 is 1.87 bits per heavy atom. The molecule has 0 radical (unpaired) electrons. The lowest BCUT2D eigenvalue weighted by molar-refractivity contribution is -0.157. The van der Waals surface area contributed by atoms with Crippen LogP contribution in [0, 0.1) is 11.8 Å². The molecule has 3 heteroatoms. The summed E-state index contributed by atoms with van der Waals surface area (Å²) in [5.41, 5.74) is -0.459. The summed E-state index contributed by atoms with van der Waals surface area (Å²) in [6, 6.07) is 0. The molecule has 1 atom stereocenters. The molecular weight excluding hydrogens is 192 g/mol. The number of carbonyl (C=O) groups excluding carboxylic acids is 2. The Hall–Kier alpha value is -0.860. The highest BCUT2D eigenvalue weighted by atomic mass is 16.6. The molecule has 0 aromatic rings. The topological polar surface area (TPSA) is 43.4 Å².